The van der Waals surface area contributed by atoms with Gasteiger partial charge >= 0.3 is 6.18 Å². The number of carbonyl (C=O) groups excluding carboxylic acids is 1. The molecule has 0 fully saturated rings. The zero-order valence-electron chi connectivity index (χ0n) is 20.1. The summed E-state index contributed by atoms with van der Waals surface area (Å²) in [6.07, 6.45) is -0.0946. The number of amides is 1. The zero-order valence-corrected chi connectivity index (χ0v) is 20.1. The van der Waals surface area contributed by atoms with Crippen LogP contribution in [-0.4, -0.2) is 22.3 Å². The first-order valence-electron chi connectivity index (χ1n) is 10.8. The first kappa shape index (κ1) is 26.4. The van der Waals surface area contributed by atoms with Crippen molar-refractivity contribution in [1.82, 2.24) is 9.78 Å². The van der Waals surface area contributed by atoms with Gasteiger partial charge in [-0.05, 0) is 43.7 Å². The van der Waals surface area contributed by atoms with Gasteiger partial charge in [0, 0.05) is 41.8 Å². The number of ether oxygens (including phenoxy) is 1. The van der Waals surface area contributed by atoms with Crippen LogP contribution in [0, 0.1) is 13.8 Å². The highest BCUT2D eigenvalue weighted by Crippen LogP contribution is 2.34. The lowest BCUT2D eigenvalue weighted by atomic mass is 10.1. The fourth-order valence-electron chi connectivity index (χ4n) is 3.38. The van der Waals surface area contributed by atoms with Crippen LogP contribution < -0.4 is 26.6 Å². The molecule has 0 atom stereocenters. The lowest BCUT2D eigenvalue weighted by Crippen LogP contribution is -2.27. The van der Waals surface area contributed by atoms with Gasteiger partial charge in [0.2, 0.25) is 0 Å². The number of nitrogens with zero attached hydrogens (tertiary/aromatic N) is 3. The molecule has 8 nitrogen and oxygen atoms in total. The number of aryl methyl sites for hydroxylation is 2. The zero-order chi connectivity index (χ0) is 26.6. The molecule has 3 rings (SSSR count). The molecule has 0 aliphatic carbocycles. The normalized spacial score (nSPS) is 11.8. The Balaban J connectivity index is 1.88. The SMILES string of the molecule is C=CCOc1cc(NC(=O)c2ccc(C)c(N(N)/C=C(\N)c3cnn(C)c3C)c2)cc(C(F)(F)F)c1. The van der Waals surface area contributed by atoms with Crippen molar-refractivity contribution in [2.75, 3.05) is 16.9 Å². The van der Waals surface area contributed by atoms with Gasteiger partial charge in [-0.25, -0.2) is 5.84 Å². The molecule has 0 spiro atoms. The minimum Gasteiger partial charge on any atom is -0.489 e. The number of benzene rings is 2. The second-order valence-electron chi connectivity index (χ2n) is 8.06. The molecular weight excluding hydrogens is 473 g/mol. The molecule has 0 saturated heterocycles. The number of anilines is 2. The molecule has 0 aliphatic rings. The van der Waals surface area contributed by atoms with Crippen molar-refractivity contribution in [3.8, 4) is 5.75 Å². The molecule has 190 valence electrons. The van der Waals surface area contributed by atoms with Crippen LogP contribution in [0.5, 0.6) is 5.75 Å². The Hall–Kier alpha value is -4.25. The molecule has 5 N–H and O–H groups in total. The van der Waals surface area contributed by atoms with Crippen LogP contribution in [0.25, 0.3) is 5.70 Å². The first-order valence-corrected chi connectivity index (χ1v) is 10.8. The molecule has 11 heteroatoms. The maximum Gasteiger partial charge on any atom is 0.416 e. The van der Waals surface area contributed by atoms with Crippen molar-refractivity contribution in [3.05, 3.63) is 89.4 Å². The summed E-state index contributed by atoms with van der Waals surface area (Å²) in [6, 6.07) is 7.74. The molecule has 36 heavy (non-hydrogen) atoms. The highest BCUT2D eigenvalue weighted by Gasteiger charge is 2.31. The Labute approximate surface area is 206 Å². The lowest BCUT2D eigenvalue weighted by molar-refractivity contribution is -0.137. The van der Waals surface area contributed by atoms with Gasteiger partial charge in [-0.3, -0.25) is 14.5 Å². The number of hydrogen-bond acceptors (Lipinski definition) is 6. The van der Waals surface area contributed by atoms with Gasteiger partial charge in [-0.2, -0.15) is 18.3 Å². The Kier molecular flexibility index (Phi) is 7.74. The number of halogens is 3. The van der Waals surface area contributed by atoms with Crippen molar-refractivity contribution >= 4 is 23.0 Å². The summed E-state index contributed by atoms with van der Waals surface area (Å²) < 4.78 is 46.9. The number of nitrogens with two attached hydrogens (primary N) is 2. The van der Waals surface area contributed by atoms with Gasteiger partial charge in [0.25, 0.3) is 5.91 Å². The number of nitrogens with one attached hydrogen (secondary N) is 1. The van der Waals surface area contributed by atoms with Gasteiger partial charge in [0.1, 0.15) is 12.4 Å². The molecule has 0 bridgehead atoms. The quantitative estimate of drug-likeness (QED) is 0.238. The van der Waals surface area contributed by atoms with Crippen molar-refractivity contribution in [2.45, 2.75) is 20.0 Å². The summed E-state index contributed by atoms with van der Waals surface area (Å²) in [5.74, 6) is 5.54. The molecule has 1 aromatic heterocycles. The van der Waals surface area contributed by atoms with E-state index in [0.29, 0.717) is 16.9 Å². The van der Waals surface area contributed by atoms with Crippen molar-refractivity contribution < 1.29 is 22.7 Å². The van der Waals surface area contributed by atoms with E-state index in [2.05, 4.69) is 17.0 Å². The predicted molar refractivity (Wildman–Crippen MR) is 133 cm³/mol. The van der Waals surface area contributed by atoms with Gasteiger partial charge < -0.3 is 15.8 Å². The molecular formula is C25H27F3N6O2. The number of carbonyl (C=O) groups is 1. The standard InChI is InChI=1S/C25H27F3N6O2/c1-5-8-36-20-11-18(25(26,27)28)10-19(12-20)32-24(35)17-7-6-15(2)23(9-17)34(30)14-22(29)21-13-31-33(4)16(21)3/h5-7,9-14H,1,8,29-30H2,2-4H3,(H,32,35)/b22-14-. The summed E-state index contributed by atoms with van der Waals surface area (Å²) in [6.45, 7) is 7.15. The minimum absolute atomic E-state index is 0.0115. The molecule has 0 unspecified atom stereocenters. The fourth-order valence-corrected chi connectivity index (χ4v) is 3.38. The number of alkyl halides is 3. The maximum atomic E-state index is 13.3. The topological polar surface area (TPSA) is 111 Å². The monoisotopic (exact) mass is 500 g/mol. The molecule has 0 radical (unpaired) electrons. The van der Waals surface area contributed by atoms with Crippen molar-refractivity contribution in [2.24, 2.45) is 18.6 Å². The number of hydrogen-bond donors (Lipinski definition) is 3. The van der Waals surface area contributed by atoms with Crippen molar-refractivity contribution in [3.63, 3.8) is 0 Å². The summed E-state index contributed by atoms with van der Waals surface area (Å²) >= 11 is 0. The number of hydrazine groups is 1. The third-order valence-corrected chi connectivity index (χ3v) is 5.43. The van der Waals surface area contributed by atoms with E-state index in [1.165, 1.54) is 29.4 Å². The van der Waals surface area contributed by atoms with Gasteiger partial charge in [0.15, 0.2) is 0 Å². The minimum atomic E-state index is -4.62. The Morgan fingerprint density at radius 2 is 1.97 bits per heavy atom. The second kappa shape index (κ2) is 10.6. The highest BCUT2D eigenvalue weighted by molar-refractivity contribution is 6.05. The Morgan fingerprint density at radius 1 is 1.25 bits per heavy atom. The van der Waals surface area contributed by atoms with Crippen LogP contribution in [0.4, 0.5) is 24.5 Å². The average Bonchev–Trinajstić information content (AvgIpc) is 3.15. The molecule has 1 heterocycles. The Morgan fingerprint density at radius 3 is 2.58 bits per heavy atom. The van der Waals surface area contributed by atoms with Crippen LogP contribution >= 0.6 is 0 Å². The maximum absolute atomic E-state index is 13.3. The first-order chi connectivity index (χ1) is 16.9. The van der Waals surface area contributed by atoms with Gasteiger partial charge in [-0.1, -0.05) is 18.7 Å². The van der Waals surface area contributed by atoms with E-state index >= 15 is 0 Å². The van der Waals surface area contributed by atoms with Crippen LogP contribution in [0.2, 0.25) is 0 Å². The van der Waals surface area contributed by atoms with E-state index in [-0.39, 0.29) is 23.6 Å². The summed E-state index contributed by atoms with van der Waals surface area (Å²) in [5.41, 5.74) is 8.50. The second-order valence-corrected chi connectivity index (χ2v) is 8.06. The van der Waals surface area contributed by atoms with E-state index in [1.807, 2.05) is 6.92 Å². The average molecular weight is 501 g/mol. The molecule has 2 aromatic carbocycles. The predicted octanol–water partition coefficient (Wildman–Crippen LogP) is 4.51. The van der Waals surface area contributed by atoms with Crippen LogP contribution in [0.3, 0.4) is 0 Å². The van der Waals surface area contributed by atoms with E-state index < -0.39 is 17.6 Å². The number of aromatic nitrogens is 2. The van der Waals surface area contributed by atoms with Gasteiger partial charge in [-0.15, -0.1) is 0 Å². The molecule has 0 saturated carbocycles. The molecule has 1 amide bonds. The third kappa shape index (κ3) is 6.05. The van der Waals surface area contributed by atoms with Crippen molar-refractivity contribution in [1.29, 1.82) is 0 Å². The largest absolute Gasteiger partial charge is 0.489 e. The number of rotatable bonds is 8. The lowest BCUT2D eigenvalue weighted by Gasteiger charge is -2.19. The molecule has 0 aliphatic heterocycles. The van der Waals surface area contributed by atoms with Crippen LogP contribution in [0.1, 0.15) is 32.7 Å². The summed E-state index contributed by atoms with van der Waals surface area (Å²) in [4.78, 5) is 12.9. The summed E-state index contributed by atoms with van der Waals surface area (Å²) in [5, 5.41) is 7.93. The van der Waals surface area contributed by atoms with Crippen LogP contribution in [0.15, 0.2) is 61.4 Å². The van der Waals surface area contributed by atoms with Crippen LogP contribution in [-0.2, 0) is 13.2 Å². The smallest absolute Gasteiger partial charge is 0.416 e. The summed E-state index contributed by atoms with van der Waals surface area (Å²) in [7, 11) is 1.79. The fraction of sp³-hybridized carbons (Fsp3) is 0.200. The third-order valence-electron chi connectivity index (χ3n) is 5.43. The van der Waals surface area contributed by atoms with E-state index in [1.54, 1.807) is 37.0 Å². The van der Waals surface area contributed by atoms with E-state index in [4.69, 9.17) is 16.3 Å². The van der Waals surface area contributed by atoms with E-state index in [9.17, 15) is 18.0 Å². The Bertz CT molecular complexity index is 1310. The van der Waals surface area contributed by atoms with Gasteiger partial charge in [0.05, 0.1) is 23.1 Å². The van der Waals surface area contributed by atoms with E-state index in [0.717, 1.165) is 23.4 Å². The highest BCUT2D eigenvalue weighted by atomic mass is 19.4. The molecule has 3 aromatic rings.